The molecule has 0 radical (unpaired) electrons. The van der Waals surface area contributed by atoms with Crippen molar-refractivity contribution >= 4 is 12.0 Å². The molecule has 6 nitrogen and oxygen atoms in total. The van der Waals surface area contributed by atoms with Crippen LogP contribution in [0.1, 0.15) is 19.8 Å². The molecule has 0 saturated heterocycles. The van der Waals surface area contributed by atoms with Gasteiger partial charge >= 0.3 is 12.0 Å². The number of hydrogen-bond donors (Lipinski definition) is 4. The number of hydrogen-bond acceptors (Lipinski definition) is 3. The van der Waals surface area contributed by atoms with Gasteiger partial charge in [-0.05, 0) is 6.42 Å². The van der Waals surface area contributed by atoms with Crippen LogP contribution in [0.5, 0.6) is 0 Å². The van der Waals surface area contributed by atoms with Crippen molar-refractivity contribution in [3.05, 3.63) is 0 Å². The number of amides is 2. The molecule has 1 unspecified atom stereocenters. The van der Waals surface area contributed by atoms with Crippen molar-refractivity contribution in [2.24, 2.45) is 5.73 Å². The number of aliphatic carboxylic acids is 1. The highest BCUT2D eigenvalue weighted by atomic mass is 16.4. The fourth-order valence-corrected chi connectivity index (χ4v) is 1.03. The van der Waals surface area contributed by atoms with Crippen molar-refractivity contribution in [3.63, 3.8) is 0 Å². The van der Waals surface area contributed by atoms with Gasteiger partial charge in [0.25, 0.3) is 0 Å². The van der Waals surface area contributed by atoms with Crippen LogP contribution in [-0.2, 0) is 4.79 Å². The summed E-state index contributed by atoms with van der Waals surface area (Å²) in [5.41, 5.74) is 4.83. The molecule has 0 heterocycles. The molecule has 82 valence electrons. The predicted octanol–water partition coefficient (Wildman–Crippen LogP) is -0.502. The normalized spacial score (nSPS) is 12.1. The van der Waals surface area contributed by atoms with E-state index in [-0.39, 0.29) is 0 Å². The van der Waals surface area contributed by atoms with Crippen LogP contribution in [0.3, 0.4) is 0 Å². The van der Waals surface area contributed by atoms with Crippen LogP contribution >= 0.6 is 0 Å². The summed E-state index contributed by atoms with van der Waals surface area (Å²) in [7, 11) is 0. The van der Waals surface area contributed by atoms with Crippen LogP contribution < -0.4 is 16.4 Å². The van der Waals surface area contributed by atoms with Gasteiger partial charge in [0.1, 0.15) is 6.04 Å². The van der Waals surface area contributed by atoms with Crippen LogP contribution in [0.25, 0.3) is 0 Å². The van der Waals surface area contributed by atoms with Crippen molar-refractivity contribution in [2.45, 2.75) is 25.8 Å². The smallest absolute Gasteiger partial charge is 0.320 e. The molecule has 14 heavy (non-hydrogen) atoms. The molecule has 0 bridgehead atoms. The Balaban J connectivity index is 3.61. The topological polar surface area (TPSA) is 104 Å². The average Bonchev–Trinajstić information content (AvgIpc) is 2.09. The number of carboxylic acid groups (broad SMARTS) is 1. The minimum Gasteiger partial charge on any atom is -0.480 e. The van der Waals surface area contributed by atoms with E-state index in [2.05, 4.69) is 10.6 Å². The first-order valence-corrected chi connectivity index (χ1v) is 4.57. The number of nitrogens with one attached hydrogen (secondary N) is 2. The van der Waals surface area contributed by atoms with E-state index in [1.165, 1.54) is 0 Å². The van der Waals surface area contributed by atoms with E-state index in [9.17, 15) is 9.59 Å². The maximum atomic E-state index is 10.6. The van der Waals surface area contributed by atoms with Crippen molar-refractivity contribution in [3.8, 4) is 0 Å². The Bertz CT molecular complexity index is 196. The van der Waals surface area contributed by atoms with Gasteiger partial charge in [0, 0.05) is 13.1 Å². The molecular formula is C8H17N3O3. The lowest BCUT2D eigenvalue weighted by Crippen LogP contribution is -2.42. The first kappa shape index (κ1) is 12.7. The molecule has 0 saturated carbocycles. The Morgan fingerprint density at radius 1 is 1.43 bits per heavy atom. The van der Waals surface area contributed by atoms with Gasteiger partial charge in [-0.3, -0.25) is 4.79 Å². The Morgan fingerprint density at radius 2 is 2.07 bits per heavy atom. The lowest BCUT2D eigenvalue weighted by atomic mass is 10.2. The second-order valence-electron chi connectivity index (χ2n) is 2.92. The summed E-state index contributed by atoms with van der Waals surface area (Å²) in [6.45, 7) is 2.65. The van der Waals surface area contributed by atoms with Gasteiger partial charge in [0.2, 0.25) is 0 Å². The quantitative estimate of drug-likeness (QED) is 0.418. The highest BCUT2D eigenvalue weighted by Crippen LogP contribution is 1.95. The lowest BCUT2D eigenvalue weighted by molar-refractivity contribution is -0.139. The summed E-state index contributed by atoms with van der Waals surface area (Å²) in [6, 6.07) is -1.15. The van der Waals surface area contributed by atoms with E-state index in [0.717, 1.165) is 6.42 Å². The fourth-order valence-electron chi connectivity index (χ4n) is 1.03. The molecule has 0 aliphatic heterocycles. The maximum absolute atomic E-state index is 10.6. The van der Waals surface area contributed by atoms with Crippen molar-refractivity contribution in [2.75, 3.05) is 13.1 Å². The standard InChI is InChI=1S/C8H17N3O3/c1-2-3-6(7(12)13)10-4-5-11-8(9)14/h6,10H,2-5H2,1H3,(H,12,13)(H3,9,11,14). The SMILES string of the molecule is CCCC(NCCNC(N)=O)C(=O)O. The van der Waals surface area contributed by atoms with E-state index in [1.54, 1.807) is 0 Å². The molecule has 0 aliphatic rings. The van der Waals surface area contributed by atoms with E-state index in [0.29, 0.717) is 19.5 Å². The third-order valence-corrected chi connectivity index (χ3v) is 1.69. The minimum atomic E-state index is -0.870. The molecule has 0 aromatic heterocycles. The number of rotatable bonds is 7. The third kappa shape index (κ3) is 6.24. The number of nitrogens with two attached hydrogens (primary N) is 1. The Morgan fingerprint density at radius 3 is 2.50 bits per heavy atom. The summed E-state index contributed by atoms with van der Waals surface area (Å²) in [4.78, 5) is 20.9. The largest absolute Gasteiger partial charge is 0.480 e. The molecule has 0 rings (SSSR count). The van der Waals surface area contributed by atoms with Crippen molar-refractivity contribution < 1.29 is 14.7 Å². The van der Waals surface area contributed by atoms with E-state index < -0.39 is 18.0 Å². The molecule has 0 aliphatic carbocycles. The molecule has 0 spiro atoms. The lowest BCUT2D eigenvalue weighted by Gasteiger charge is -2.12. The van der Waals surface area contributed by atoms with Crippen LogP contribution in [0.15, 0.2) is 0 Å². The number of carbonyl (C=O) groups is 2. The Hall–Kier alpha value is -1.30. The molecule has 6 heteroatoms. The summed E-state index contributed by atoms with van der Waals surface area (Å²) in [5.74, 6) is -0.870. The van der Waals surface area contributed by atoms with Gasteiger partial charge in [-0.25, -0.2) is 4.79 Å². The van der Waals surface area contributed by atoms with Crippen LogP contribution in [-0.4, -0.2) is 36.2 Å². The number of carbonyl (C=O) groups excluding carboxylic acids is 1. The zero-order valence-corrected chi connectivity index (χ0v) is 8.25. The van der Waals surface area contributed by atoms with Gasteiger partial charge in [0.15, 0.2) is 0 Å². The van der Waals surface area contributed by atoms with E-state index in [4.69, 9.17) is 10.8 Å². The fraction of sp³-hybridized carbons (Fsp3) is 0.750. The first-order chi connectivity index (χ1) is 6.57. The molecule has 2 amide bonds. The third-order valence-electron chi connectivity index (χ3n) is 1.69. The average molecular weight is 203 g/mol. The second-order valence-corrected chi connectivity index (χ2v) is 2.92. The highest BCUT2D eigenvalue weighted by molar-refractivity contribution is 5.73. The summed E-state index contributed by atoms with van der Waals surface area (Å²) >= 11 is 0. The molecular weight excluding hydrogens is 186 g/mol. The molecule has 5 N–H and O–H groups in total. The summed E-state index contributed by atoms with van der Waals surface area (Å²) < 4.78 is 0. The Kier molecular flexibility index (Phi) is 6.47. The minimum absolute atomic E-state index is 0.336. The predicted molar refractivity (Wildman–Crippen MR) is 51.9 cm³/mol. The first-order valence-electron chi connectivity index (χ1n) is 4.57. The molecule has 0 aromatic rings. The van der Waals surface area contributed by atoms with Crippen LogP contribution in [0.2, 0.25) is 0 Å². The zero-order valence-electron chi connectivity index (χ0n) is 8.25. The van der Waals surface area contributed by atoms with Gasteiger partial charge in [0.05, 0.1) is 0 Å². The van der Waals surface area contributed by atoms with Crippen LogP contribution in [0, 0.1) is 0 Å². The summed E-state index contributed by atoms with van der Waals surface area (Å²) in [5, 5.41) is 13.9. The molecule has 1 atom stereocenters. The van der Waals surface area contributed by atoms with Gasteiger partial charge < -0.3 is 21.5 Å². The monoisotopic (exact) mass is 203 g/mol. The highest BCUT2D eigenvalue weighted by Gasteiger charge is 2.14. The van der Waals surface area contributed by atoms with E-state index >= 15 is 0 Å². The molecule has 0 fully saturated rings. The molecule has 0 aromatic carbocycles. The number of urea groups is 1. The van der Waals surface area contributed by atoms with Gasteiger partial charge in [-0.2, -0.15) is 0 Å². The maximum Gasteiger partial charge on any atom is 0.320 e. The summed E-state index contributed by atoms with van der Waals surface area (Å²) in [6.07, 6.45) is 1.37. The van der Waals surface area contributed by atoms with Gasteiger partial charge in [-0.15, -0.1) is 0 Å². The van der Waals surface area contributed by atoms with Crippen molar-refractivity contribution in [1.29, 1.82) is 0 Å². The zero-order chi connectivity index (χ0) is 11.0. The number of carboxylic acids is 1. The number of primary amides is 1. The van der Waals surface area contributed by atoms with Crippen LogP contribution in [0.4, 0.5) is 4.79 Å². The van der Waals surface area contributed by atoms with Gasteiger partial charge in [-0.1, -0.05) is 13.3 Å². The Labute approximate surface area is 82.9 Å². The van der Waals surface area contributed by atoms with E-state index in [1.807, 2.05) is 6.92 Å². The second kappa shape index (κ2) is 7.14. The van der Waals surface area contributed by atoms with Crippen molar-refractivity contribution in [1.82, 2.24) is 10.6 Å².